The molecule has 0 spiro atoms. The molecule has 0 radical (unpaired) electrons. The smallest absolute Gasteiger partial charge is 0.0104 e. The zero-order valence-electron chi connectivity index (χ0n) is 9.55. The molecule has 15 heavy (non-hydrogen) atoms. The van der Waals surface area contributed by atoms with Crippen molar-refractivity contribution in [2.45, 2.75) is 37.0 Å². The van der Waals surface area contributed by atoms with E-state index in [9.17, 15) is 0 Å². The average molecular weight is 221 g/mol. The summed E-state index contributed by atoms with van der Waals surface area (Å²) in [4.78, 5) is 1.47. The lowest BCUT2D eigenvalue weighted by atomic mass is 9.84. The molecule has 1 aliphatic rings. The van der Waals surface area contributed by atoms with Crippen molar-refractivity contribution in [1.82, 2.24) is 0 Å². The summed E-state index contributed by atoms with van der Waals surface area (Å²) in [5.41, 5.74) is 8.82. The molecule has 0 aliphatic carbocycles. The van der Waals surface area contributed by atoms with Gasteiger partial charge in [-0.1, -0.05) is 26.0 Å². The lowest BCUT2D eigenvalue weighted by molar-refractivity contribution is 0.537. The first-order chi connectivity index (χ1) is 7.13. The summed E-state index contributed by atoms with van der Waals surface area (Å²) >= 11 is 1.98. The number of hydrogen-bond acceptors (Lipinski definition) is 2. The van der Waals surface area contributed by atoms with Crippen LogP contribution in [0.15, 0.2) is 23.1 Å². The predicted octanol–water partition coefficient (Wildman–Crippen LogP) is 2.96. The minimum absolute atomic E-state index is 0.108. The lowest BCUT2D eigenvalue weighted by Gasteiger charge is -2.25. The number of benzene rings is 1. The SMILES string of the molecule is CC(C)(CN)c1ccc2c(c1)CCCS2. The second-order valence-corrected chi connectivity index (χ2v) is 6.00. The molecule has 0 unspecified atom stereocenters. The molecule has 0 fully saturated rings. The number of thioether (sulfide) groups is 1. The Morgan fingerprint density at radius 2 is 2.20 bits per heavy atom. The van der Waals surface area contributed by atoms with Crippen LogP contribution in [0.3, 0.4) is 0 Å². The highest BCUT2D eigenvalue weighted by atomic mass is 32.2. The monoisotopic (exact) mass is 221 g/mol. The van der Waals surface area contributed by atoms with Crippen LogP contribution in [0, 0.1) is 0 Å². The van der Waals surface area contributed by atoms with Gasteiger partial charge in [-0.25, -0.2) is 0 Å². The Hall–Kier alpha value is -0.470. The van der Waals surface area contributed by atoms with Crippen LogP contribution >= 0.6 is 11.8 Å². The minimum Gasteiger partial charge on any atom is -0.330 e. The molecule has 1 aromatic carbocycles. The Bertz CT molecular complexity index is 358. The summed E-state index contributed by atoms with van der Waals surface area (Å²) in [5.74, 6) is 1.27. The second kappa shape index (κ2) is 4.18. The summed E-state index contributed by atoms with van der Waals surface area (Å²) in [5, 5.41) is 0. The molecule has 0 aromatic heterocycles. The molecule has 1 aromatic rings. The molecule has 0 bridgehead atoms. The summed E-state index contributed by atoms with van der Waals surface area (Å²) in [6, 6.07) is 6.87. The molecule has 0 saturated heterocycles. The highest BCUT2D eigenvalue weighted by molar-refractivity contribution is 7.99. The van der Waals surface area contributed by atoms with E-state index < -0.39 is 0 Å². The van der Waals surface area contributed by atoms with E-state index in [1.54, 1.807) is 0 Å². The third kappa shape index (κ3) is 2.21. The van der Waals surface area contributed by atoms with Crippen molar-refractivity contribution in [2.75, 3.05) is 12.3 Å². The Morgan fingerprint density at radius 1 is 1.40 bits per heavy atom. The van der Waals surface area contributed by atoms with Crippen LogP contribution in [0.1, 0.15) is 31.4 Å². The van der Waals surface area contributed by atoms with Gasteiger partial charge in [0.25, 0.3) is 0 Å². The van der Waals surface area contributed by atoms with Crippen LogP contribution in [0.25, 0.3) is 0 Å². The van der Waals surface area contributed by atoms with Gasteiger partial charge in [0.2, 0.25) is 0 Å². The van der Waals surface area contributed by atoms with Crippen LogP contribution < -0.4 is 5.73 Å². The van der Waals surface area contributed by atoms with Gasteiger partial charge in [-0.3, -0.25) is 0 Å². The molecule has 1 nitrogen and oxygen atoms in total. The van der Waals surface area contributed by atoms with Gasteiger partial charge in [0.15, 0.2) is 0 Å². The fraction of sp³-hybridized carbons (Fsp3) is 0.538. The maximum Gasteiger partial charge on any atom is 0.0104 e. The third-order valence-electron chi connectivity index (χ3n) is 3.20. The Morgan fingerprint density at radius 3 is 2.93 bits per heavy atom. The van der Waals surface area contributed by atoms with E-state index in [-0.39, 0.29) is 5.41 Å². The fourth-order valence-corrected chi connectivity index (χ4v) is 2.92. The van der Waals surface area contributed by atoms with E-state index in [0.717, 1.165) is 0 Å². The van der Waals surface area contributed by atoms with Gasteiger partial charge in [-0.05, 0) is 35.8 Å². The van der Waals surface area contributed by atoms with Crippen LogP contribution in [-0.4, -0.2) is 12.3 Å². The van der Waals surface area contributed by atoms with Crippen molar-refractivity contribution in [3.8, 4) is 0 Å². The highest BCUT2D eigenvalue weighted by Gasteiger charge is 2.20. The predicted molar refractivity (Wildman–Crippen MR) is 67.6 cm³/mol. The normalized spacial score (nSPS) is 16.2. The van der Waals surface area contributed by atoms with E-state index in [2.05, 4.69) is 32.0 Å². The molecule has 82 valence electrons. The van der Waals surface area contributed by atoms with Crippen molar-refractivity contribution in [2.24, 2.45) is 5.73 Å². The molecule has 0 saturated carbocycles. The summed E-state index contributed by atoms with van der Waals surface area (Å²) in [6.07, 6.45) is 2.54. The Balaban J connectivity index is 2.36. The molecule has 2 N–H and O–H groups in total. The summed E-state index contributed by atoms with van der Waals surface area (Å²) in [7, 11) is 0. The van der Waals surface area contributed by atoms with E-state index in [4.69, 9.17) is 5.73 Å². The van der Waals surface area contributed by atoms with Crippen molar-refractivity contribution in [3.63, 3.8) is 0 Å². The van der Waals surface area contributed by atoms with Gasteiger partial charge in [0.05, 0.1) is 0 Å². The first kappa shape index (κ1) is 11.0. The third-order valence-corrected chi connectivity index (χ3v) is 4.40. The molecular weight excluding hydrogens is 202 g/mol. The van der Waals surface area contributed by atoms with Gasteiger partial charge < -0.3 is 5.73 Å². The number of rotatable bonds is 2. The second-order valence-electron chi connectivity index (χ2n) is 4.86. The van der Waals surface area contributed by atoms with E-state index in [0.29, 0.717) is 6.54 Å². The first-order valence-electron chi connectivity index (χ1n) is 5.60. The number of aryl methyl sites for hydroxylation is 1. The van der Waals surface area contributed by atoms with Gasteiger partial charge in [0, 0.05) is 16.9 Å². The van der Waals surface area contributed by atoms with Crippen LogP contribution in [0.2, 0.25) is 0 Å². The minimum atomic E-state index is 0.108. The zero-order chi connectivity index (χ0) is 10.9. The van der Waals surface area contributed by atoms with Crippen LogP contribution in [0.4, 0.5) is 0 Å². The molecule has 0 atom stereocenters. The Labute approximate surface area is 96.4 Å². The van der Waals surface area contributed by atoms with Crippen LogP contribution in [0.5, 0.6) is 0 Å². The highest BCUT2D eigenvalue weighted by Crippen LogP contribution is 2.33. The van der Waals surface area contributed by atoms with E-state index in [1.165, 1.54) is 34.6 Å². The Kier molecular flexibility index (Phi) is 3.08. The zero-order valence-corrected chi connectivity index (χ0v) is 10.4. The number of hydrogen-bond donors (Lipinski definition) is 1. The molecule has 1 aliphatic heterocycles. The lowest BCUT2D eigenvalue weighted by Crippen LogP contribution is -2.28. The molecule has 1 heterocycles. The van der Waals surface area contributed by atoms with Crippen molar-refractivity contribution >= 4 is 11.8 Å². The van der Waals surface area contributed by atoms with E-state index >= 15 is 0 Å². The molecule has 2 heteroatoms. The topological polar surface area (TPSA) is 26.0 Å². The summed E-state index contributed by atoms with van der Waals surface area (Å²) < 4.78 is 0. The average Bonchev–Trinajstić information content (AvgIpc) is 2.28. The largest absolute Gasteiger partial charge is 0.330 e. The standard InChI is InChI=1S/C13H19NS/c1-13(2,9-14)11-5-6-12-10(8-11)4-3-7-15-12/h5-6,8H,3-4,7,9,14H2,1-2H3. The van der Waals surface area contributed by atoms with Gasteiger partial charge in [0.1, 0.15) is 0 Å². The molecule has 2 rings (SSSR count). The van der Waals surface area contributed by atoms with E-state index in [1.807, 2.05) is 11.8 Å². The van der Waals surface area contributed by atoms with Gasteiger partial charge >= 0.3 is 0 Å². The maximum atomic E-state index is 5.81. The first-order valence-corrected chi connectivity index (χ1v) is 6.58. The molecule has 0 amide bonds. The van der Waals surface area contributed by atoms with Crippen molar-refractivity contribution in [1.29, 1.82) is 0 Å². The summed E-state index contributed by atoms with van der Waals surface area (Å²) in [6.45, 7) is 5.13. The van der Waals surface area contributed by atoms with Crippen LogP contribution in [-0.2, 0) is 11.8 Å². The number of fused-ring (bicyclic) bond motifs is 1. The fourth-order valence-electron chi connectivity index (χ4n) is 1.90. The van der Waals surface area contributed by atoms with Crippen molar-refractivity contribution in [3.05, 3.63) is 29.3 Å². The van der Waals surface area contributed by atoms with Gasteiger partial charge in [-0.15, -0.1) is 11.8 Å². The number of nitrogens with two attached hydrogens (primary N) is 1. The quantitative estimate of drug-likeness (QED) is 0.831. The maximum absolute atomic E-state index is 5.81. The molecular formula is C13H19NS. The van der Waals surface area contributed by atoms with Gasteiger partial charge in [-0.2, -0.15) is 0 Å². The van der Waals surface area contributed by atoms with Crippen molar-refractivity contribution < 1.29 is 0 Å².